The van der Waals surface area contributed by atoms with Gasteiger partial charge in [-0.3, -0.25) is 14.8 Å². The van der Waals surface area contributed by atoms with Gasteiger partial charge < -0.3 is 0 Å². The molecule has 1 aromatic carbocycles. The van der Waals surface area contributed by atoms with Gasteiger partial charge in [-0.15, -0.1) is 0 Å². The predicted octanol–water partition coefficient (Wildman–Crippen LogP) is 3.18. The Hall–Kier alpha value is -3.59. The Balaban J connectivity index is 1.57. The van der Waals surface area contributed by atoms with E-state index >= 15 is 0 Å². The zero-order chi connectivity index (χ0) is 21.4. The minimum Gasteiger partial charge on any atom is -0.284 e. The summed E-state index contributed by atoms with van der Waals surface area (Å²) in [5.74, 6) is 2.35. The van der Waals surface area contributed by atoms with Gasteiger partial charge in [-0.05, 0) is 42.7 Å². The van der Waals surface area contributed by atoms with Gasteiger partial charge in [0.1, 0.15) is 48.8 Å². The van der Waals surface area contributed by atoms with Crippen molar-refractivity contribution < 1.29 is 9.38 Å². The van der Waals surface area contributed by atoms with E-state index in [2.05, 4.69) is 80.5 Å². The Morgan fingerprint density at radius 2 is 1.87 bits per heavy atom. The van der Waals surface area contributed by atoms with E-state index in [-0.39, 0.29) is 0 Å². The monoisotopic (exact) mass is 412 g/mol. The van der Waals surface area contributed by atoms with Gasteiger partial charge in [0.05, 0.1) is 6.20 Å². The van der Waals surface area contributed by atoms with E-state index in [1.807, 2.05) is 12.3 Å². The molecule has 0 amide bonds. The quantitative estimate of drug-likeness (QED) is 0.524. The number of rotatable bonds is 4. The predicted molar refractivity (Wildman–Crippen MR) is 122 cm³/mol. The number of anilines is 2. The van der Waals surface area contributed by atoms with Gasteiger partial charge in [-0.25, -0.2) is 4.98 Å². The summed E-state index contributed by atoms with van der Waals surface area (Å²) in [4.78, 5) is 11.8. The van der Waals surface area contributed by atoms with Crippen molar-refractivity contribution in [2.75, 3.05) is 36.0 Å². The molecule has 6 heteroatoms. The van der Waals surface area contributed by atoms with Gasteiger partial charge >= 0.3 is 0 Å². The van der Waals surface area contributed by atoms with Gasteiger partial charge in [0.2, 0.25) is 11.5 Å². The molecule has 1 aliphatic rings. The second-order valence-corrected chi connectivity index (χ2v) is 8.32. The number of piperazine rings is 1. The molecule has 4 heterocycles. The van der Waals surface area contributed by atoms with Gasteiger partial charge in [0, 0.05) is 12.1 Å². The van der Waals surface area contributed by atoms with Crippen molar-refractivity contribution >= 4 is 28.3 Å². The zero-order valence-electron chi connectivity index (χ0n) is 18.2. The summed E-state index contributed by atoms with van der Waals surface area (Å²) in [6, 6.07) is 17.3. The van der Waals surface area contributed by atoms with Crippen molar-refractivity contribution in [3.63, 3.8) is 0 Å². The number of H-pyrrole nitrogens is 2. The van der Waals surface area contributed by atoms with Crippen LogP contribution in [0.4, 0.5) is 11.6 Å². The number of aromatic nitrogens is 3. The van der Waals surface area contributed by atoms with Crippen LogP contribution in [0.25, 0.3) is 16.7 Å². The van der Waals surface area contributed by atoms with Crippen LogP contribution in [0.1, 0.15) is 30.0 Å². The molecule has 0 bridgehead atoms. The lowest BCUT2D eigenvalue weighted by Crippen LogP contribution is -2.50. The lowest BCUT2D eigenvalue weighted by Gasteiger charge is -2.29. The minimum absolute atomic E-state index is 0.759. The molecule has 0 saturated carbocycles. The first-order chi connectivity index (χ1) is 15.2. The molecule has 3 aromatic heterocycles. The van der Waals surface area contributed by atoms with Gasteiger partial charge in [0.25, 0.3) is 5.82 Å². The molecule has 0 atom stereocenters. The van der Waals surface area contributed by atoms with Crippen molar-refractivity contribution in [2.24, 2.45) is 0 Å². The maximum absolute atomic E-state index is 9.95. The van der Waals surface area contributed by atoms with Crippen molar-refractivity contribution in [3.8, 4) is 6.07 Å². The molecule has 0 aliphatic carbocycles. The third-order valence-corrected chi connectivity index (χ3v) is 6.23. The Kier molecular flexibility index (Phi) is 4.95. The van der Waals surface area contributed by atoms with Crippen molar-refractivity contribution in [1.29, 1.82) is 5.26 Å². The second-order valence-electron chi connectivity index (χ2n) is 8.32. The fraction of sp³-hybridized carbons (Fsp3) is 0.320. The Morgan fingerprint density at radius 3 is 2.61 bits per heavy atom. The topological polar surface area (TPSA) is 64.3 Å². The van der Waals surface area contributed by atoms with Crippen LogP contribution in [0.15, 0.2) is 48.7 Å². The molecule has 31 heavy (non-hydrogen) atoms. The first-order valence-electron chi connectivity index (χ1n) is 11.1. The number of hydrogen-bond donors (Lipinski definition) is 1. The summed E-state index contributed by atoms with van der Waals surface area (Å²) in [6.45, 7) is 8.06. The molecule has 1 fully saturated rings. The SMILES string of the molecule is CCCc1cc(N2CCN(c3cc(C)cc[nH+]3)CC2)[n+]2c([nH]c3ccccc32)c1C#N. The average Bonchev–Trinajstić information content (AvgIpc) is 3.18. The number of para-hydroxylation sites is 2. The number of aromatic amines is 2. The fourth-order valence-electron chi connectivity index (χ4n) is 4.68. The minimum atomic E-state index is 0.759. The molecule has 2 N–H and O–H groups in total. The molecule has 0 unspecified atom stereocenters. The molecular formula is C25H28N6+2. The number of aryl methyl sites for hydroxylation is 2. The van der Waals surface area contributed by atoms with Crippen molar-refractivity contribution in [2.45, 2.75) is 26.7 Å². The summed E-state index contributed by atoms with van der Waals surface area (Å²) in [5, 5.41) is 9.95. The number of nitrogens with zero attached hydrogens (tertiary/aromatic N) is 4. The highest BCUT2D eigenvalue weighted by Crippen LogP contribution is 2.25. The highest BCUT2D eigenvalue weighted by Gasteiger charge is 2.31. The van der Waals surface area contributed by atoms with Crippen LogP contribution in [-0.2, 0) is 6.42 Å². The number of benzene rings is 1. The normalized spacial score (nSPS) is 14.4. The number of imidazole rings is 1. The van der Waals surface area contributed by atoms with Crippen LogP contribution in [0, 0.1) is 18.3 Å². The van der Waals surface area contributed by atoms with Crippen LogP contribution in [0.3, 0.4) is 0 Å². The Bertz CT molecular complexity index is 1290. The second kappa shape index (κ2) is 7.92. The molecule has 1 saturated heterocycles. The van der Waals surface area contributed by atoms with E-state index < -0.39 is 0 Å². The molecule has 6 nitrogen and oxygen atoms in total. The molecule has 1 aliphatic heterocycles. The molecule has 0 radical (unpaired) electrons. The van der Waals surface area contributed by atoms with Gasteiger partial charge in [-0.1, -0.05) is 25.5 Å². The molecule has 156 valence electrons. The maximum atomic E-state index is 9.95. The smallest absolute Gasteiger partial charge is 0.274 e. The molecular weight excluding hydrogens is 384 g/mol. The van der Waals surface area contributed by atoms with Crippen LogP contribution >= 0.6 is 0 Å². The summed E-state index contributed by atoms with van der Waals surface area (Å²) in [7, 11) is 0. The highest BCUT2D eigenvalue weighted by molar-refractivity contribution is 5.77. The van der Waals surface area contributed by atoms with Crippen molar-refractivity contribution in [3.05, 3.63) is 65.4 Å². The maximum Gasteiger partial charge on any atom is 0.274 e. The zero-order valence-corrected chi connectivity index (χ0v) is 18.2. The lowest BCUT2D eigenvalue weighted by molar-refractivity contribution is -0.467. The molecule has 0 spiro atoms. The summed E-state index contributed by atoms with van der Waals surface area (Å²) < 4.78 is 2.24. The van der Waals surface area contributed by atoms with E-state index in [1.54, 1.807) is 0 Å². The number of nitrogens with one attached hydrogen (secondary N) is 2. The number of nitriles is 1. The van der Waals surface area contributed by atoms with Gasteiger partial charge in [-0.2, -0.15) is 9.66 Å². The Morgan fingerprint density at radius 1 is 1.10 bits per heavy atom. The van der Waals surface area contributed by atoms with Gasteiger partial charge in [0.15, 0.2) is 0 Å². The Labute approximate surface area is 182 Å². The first kappa shape index (κ1) is 19.4. The lowest BCUT2D eigenvalue weighted by atomic mass is 10.0. The largest absolute Gasteiger partial charge is 0.284 e. The van der Waals surface area contributed by atoms with E-state index in [0.29, 0.717) is 0 Å². The fourth-order valence-corrected chi connectivity index (χ4v) is 4.68. The molecule has 4 aromatic rings. The van der Waals surface area contributed by atoms with Crippen LogP contribution < -0.4 is 19.2 Å². The average molecular weight is 413 g/mol. The van der Waals surface area contributed by atoms with E-state index in [1.165, 1.54) is 17.2 Å². The third-order valence-electron chi connectivity index (χ3n) is 6.23. The van der Waals surface area contributed by atoms with Crippen LogP contribution in [0.5, 0.6) is 0 Å². The van der Waals surface area contributed by atoms with E-state index in [0.717, 1.165) is 66.8 Å². The van der Waals surface area contributed by atoms with Crippen LogP contribution in [-0.4, -0.2) is 31.2 Å². The number of fused-ring (bicyclic) bond motifs is 3. The first-order valence-corrected chi connectivity index (χ1v) is 11.1. The standard InChI is InChI=1S/C25H26N6/c1-3-6-19-16-24(30-13-11-29(12-14-30)23-15-18(2)9-10-27-23)31-22-8-5-4-7-21(22)28-25(31)20(19)17-26/h4-5,7-10,15-16H,3,6,11-14H2,1-2H3/p+2. The number of hydrogen-bond acceptors (Lipinski definition) is 3. The molecule has 5 rings (SSSR count). The highest BCUT2D eigenvalue weighted by atomic mass is 15.3. The number of pyridine rings is 2. The van der Waals surface area contributed by atoms with Crippen LogP contribution in [0.2, 0.25) is 0 Å². The van der Waals surface area contributed by atoms with E-state index in [9.17, 15) is 5.26 Å². The third kappa shape index (κ3) is 3.36. The van der Waals surface area contributed by atoms with E-state index in [4.69, 9.17) is 0 Å². The summed E-state index contributed by atoms with van der Waals surface area (Å²) >= 11 is 0. The summed E-state index contributed by atoms with van der Waals surface area (Å²) in [6.07, 6.45) is 3.93. The summed E-state index contributed by atoms with van der Waals surface area (Å²) in [5.41, 5.74) is 6.22. The van der Waals surface area contributed by atoms with Crippen molar-refractivity contribution in [1.82, 2.24) is 4.98 Å².